The van der Waals surface area contributed by atoms with E-state index in [9.17, 15) is 29.8 Å². The molecule has 1 fully saturated rings. The monoisotopic (exact) mass is 442 g/mol. The highest BCUT2D eigenvalue weighted by Crippen LogP contribution is 2.31. The third kappa shape index (κ3) is 5.17. The summed E-state index contributed by atoms with van der Waals surface area (Å²) in [6.07, 6.45) is 1.66. The molecule has 1 N–H and O–H groups in total. The number of carbonyl (C=O) groups is 2. The molecule has 0 aliphatic carbocycles. The number of carbonyl (C=O) groups excluding carboxylic acids is 2. The SMILES string of the molecule is CC(OC(=O)c1ccc(N2CCCCC2)c([N+](=O)[O-])c1)C(=O)Nc1ccccc1[N+](=O)[O-]. The van der Waals surface area contributed by atoms with Gasteiger partial charge in [0.2, 0.25) is 0 Å². The van der Waals surface area contributed by atoms with Crippen LogP contribution in [-0.4, -0.2) is 40.9 Å². The van der Waals surface area contributed by atoms with Crippen molar-refractivity contribution in [3.8, 4) is 0 Å². The molecule has 11 nitrogen and oxygen atoms in total. The minimum atomic E-state index is -1.29. The molecule has 2 aromatic carbocycles. The average molecular weight is 442 g/mol. The summed E-state index contributed by atoms with van der Waals surface area (Å²) in [5.41, 5.74) is -0.176. The van der Waals surface area contributed by atoms with Crippen LogP contribution in [0.15, 0.2) is 42.5 Å². The van der Waals surface area contributed by atoms with Gasteiger partial charge in [0, 0.05) is 25.2 Å². The molecular formula is C21H22N4O7. The fourth-order valence-electron chi connectivity index (χ4n) is 3.45. The van der Waals surface area contributed by atoms with Gasteiger partial charge in [-0.2, -0.15) is 0 Å². The van der Waals surface area contributed by atoms with E-state index < -0.39 is 27.8 Å². The second kappa shape index (κ2) is 9.86. The molecule has 1 aliphatic heterocycles. The van der Waals surface area contributed by atoms with Crippen molar-refractivity contribution in [1.29, 1.82) is 0 Å². The van der Waals surface area contributed by atoms with Crippen LogP contribution in [0.1, 0.15) is 36.5 Å². The Morgan fingerprint density at radius 3 is 2.31 bits per heavy atom. The molecule has 1 atom stereocenters. The van der Waals surface area contributed by atoms with Crippen LogP contribution < -0.4 is 10.2 Å². The highest BCUT2D eigenvalue weighted by Gasteiger charge is 2.26. The van der Waals surface area contributed by atoms with Crippen molar-refractivity contribution < 1.29 is 24.2 Å². The predicted octanol–water partition coefficient (Wildman–Crippen LogP) is 3.68. The van der Waals surface area contributed by atoms with Gasteiger partial charge < -0.3 is 15.0 Å². The fourth-order valence-corrected chi connectivity index (χ4v) is 3.45. The van der Waals surface area contributed by atoms with E-state index in [0.717, 1.165) is 25.3 Å². The quantitative estimate of drug-likeness (QED) is 0.388. The molecule has 3 rings (SSSR count). The standard InChI is InChI=1S/C21H22N4O7/c1-14(20(26)22-16-7-3-4-8-17(16)24(28)29)32-21(27)15-9-10-18(19(13-15)25(30)31)23-11-5-2-6-12-23/h3-4,7-10,13-14H,2,5-6,11-12H2,1H3,(H,22,26). The molecule has 1 amide bonds. The highest BCUT2D eigenvalue weighted by molar-refractivity contribution is 5.99. The van der Waals surface area contributed by atoms with Crippen LogP contribution in [0.3, 0.4) is 0 Å². The summed E-state index contributed by atoms with van der Waals surface area (Å²) in [4.78, 5) is 48.2. The largest absolute Gasteiger partial charge is 0.449 e. The topological polar surface area (TPSA) is 145 Å². The second-order valence-corrected chi connectivity index (χ2v) is 7.32. The second-order valence-electron chi connectivity index (χ2n) is 7.32. The number of amides is 1. The zero-order chi connectivity index (χ0) is 23.3. The minimum Gasteiger partial charge on any atom is -0.449 e. The first-order chi connectivity index (χ1) is 15.3. The third-order valence-electron chi connectivity index (χ3n) is 5.12. The van der Waals surface area contributed by atoms with Crippen molar-refractivity contribution in [3.63, 3.8) is 0 Å². The molecule has 11 heteroatoms. The number of nitrogens with zero attached hydrogens (tertiary/aromatic N) is 3. The number of piperidine rings is 1. The molecule has 32 heavy (non-hydrogen) atoms. The van der Waals surface area contributed by atoms with E-state index in [2.05, 4.69) is 5.32 Å². The van der Waals surface area contributed by atoms with Crippen LogP contribution >= 0.6 is 0 Å². The number of ether oxygens (including phenoxy) is 1. The van der Waals surface area contributed by atoms with Gasteiger partial charge in [0.05, 0.1) is 15.4 Å². The summed E-state index contributed by atoms with van der Waals surface area (Å²) in [5, 5.41) is 25.0. The number of esters is 1. The van der Waals surface area contributed by atoms with Gasteiger partial charge in [0.1, 0.15) is 11.4 Å². The number of hydrogen-bond donors (Lipinski definition) is 1. The maximum Gasteiger partial charge on any atom is 0.339 e. The maximum absolute atomic E-state index is 12.5. The number of benzene rings is 2. The van der Waals surface area contributed by atoms with Gasteiger partial charge >= 0.3 is 5.97 Å². The van der Waals surface area contributed by atoms with Gasteiger partial charge in [-0.25, -0.2) is 4.79 Å². The van der Waals surface area contributed by atoms with Gasteiger partial charge in [-0.3, -0.25) is 25.0 Å². The van der Waals surface area contributed by atoms with Crippen molar-refractivity contribution in [2.45, 2.75) is 32.3 Å². The lowest BCUT2D eigenvalue weighted by Crippen LogP contribution is -2.31. The fraction of sp³-hybridized carbons (Fsp3) is 0.333. The van der Waals surface area contributed by atoms with E-state index in [1.54, 1.807) is 0 Å². The van der Waals surface area contributed by atoms with Crippen molar-refractivity contribution >= 4 is 34.6 Å². The number of anilines is 2. The molecule has 1 aliphatic rings. The van der Waals surface area contributed by atoms with Gasteiger partial charge in [-0.15, -0.1) is 0 Å². The number of para-hydroxylation sites is 2. The van der Waals surface area contributed by atoms with Crippen molar-refractivity contribution in [1.82, 2.24) is 0 Å². The Morgan fingerprint density at radius 2 is 1.66 bits per heavy atom. The lowest BCUT2D eigenvalue weighted by Gasteiger charge is -2.28. The van der Waals surface area contributed by atoms with Gasteiger partial charge in [-0.05, 0) is 44.4 Å². The van der Waals surface area contributed by atoms with E-state index in [-0.39, 0.29) is 22.6 Å². The lowest BCUT2D eigenvalue weighted by atomic mass is 10.1. The molecule has 1 unspecified atom stereocenters. The summed E-state index contributed by atoms with van der Waals surface area (Å²) in [7, 11) is 0. The summed E-state index contributed by atoms with van der Waals surface area (Å²) >= 11 is 0. The van der Waals surface area contributed by atoms with E-state index >= 15 is 0 Å². The molecule has 1 heterocycles. The van der Waals surface area contributed by atoms with Crippen molar-refractivity contribution in [2.75, 3.05) is 23.3 Å². The molecule has 1 saturated heterocycles. The van der Waals surface area contributed by atoms with Crippen molar-refractivity contribution in [3.05, 3.63) is 68.3 Å². The number of rotatable bonds is 7. The Labute approximate surface area is 183 Å². The van der Waals surface area contributed by atoms with Gasteiger partial charge in [0.25, 0.3) is 17.3 Å². The normalized spacial score (nSPS) is 14.3. The molecule has 2 aromatic rings. The molecule has 0 radical (unpaired) electrons. The average Bonchev–Trinajstić information content (AvgIpc) is 2.79. The predicted molar refractivity (Wildman–Crippen MR) is 116 cm³/mol. The first-order valence-corrected chi connectivity index (χ1v) is 10.1. The third-order valence-corrected chi connectivity index (χ3v) is 5.12. The highest BCUT2D eigenvalue weighted by atomic mass is 16.6. The Bertz CT molecular complexity index is 1050. The number of hydrogen-bond acceptors (Lipinski definition) is 8. The van der Waals surface area contributed by atoms with Crippen LogP contribution in [-0.2, 0) is 9.53 Å². The van der Waals surface area contributed by atoms with Gasteiger partial charge in [0.15, 0.2) is 6.10 Å². The molecule has 0 saturated carbocycles. The summed E-state index contributed by atoms with van der Waals surface area (Å²) in [5.74, 6) is -1.68. The lowest BCUT2D eigenvalue weighted by molar-refractivity contribution is -0.384. The minimum absolute atomic E-state index is 0.0353. The summed E-state index contributed by atoms with van der Waals surface area (Å²) in [6.45, 7) is 2.71. The Morgan fingerprint density at radius 1 is 1.00 bits per heavy atom. The first kappa shape index (κ1) is 22.7. The van der Waals surface area contributed by atoms with Crippen molar-refractivity contribution in [2.24, 2.45) is 0 Å². The molecule has 0 spiro atoms. The first-order valence-electron chi connectivity index (χ1n) is 10.1. The van der Waals surface area contributed by atoms with E-state index in [1.165, 1.54) is 43.3 Å². The van der Waals surface area contributed by atoms with Crippen LogP contribution in [0, 0.1) is 20.2 Å². The van der Waals surface area contributed by atoms with Crippen LogP contribution in [0.25, 0.3) is 0 Å². The number of nitrogens with one attached hydrogen (secondary N) is 1. The van der Waals surface area contributed by atoms with Crippen LogP contribution in [0.5, 0.6) is 0 Å². The van der Waals surface area contributed by atoms with E-state index in [4.69, 9.17) is 4.74 Å². The molecule has 168 valence electrons. The number of nitro groups is 2. The van der Waals surface area contributed by atoms with E-state index in [0.29, 0.717) is 18.8 Å². The Hall–Kier alpha value is -4.02. The Kier molecular flexibility index (Phi) is 6.98. The van der Waals surface area contributed by atoms with Crippen LogP contribution in [0.4, 0.5) is 22.7 Å². The molecule has 0 bridgehead atoms. The molecule has 0 aromatic heterocycles. The molecular weight excluding hydrogens is 420 g/mol. The van der Waals surface area contributed by atoms with E-state index in [1.807, 2.05) is 4.90 Å². The zero-order valence-electron chi connectivity index (χ0n) is 17.4. The smallest absolute Gasteiger partial charge is 0.339 e. The summed E-state index contributed by atoms with van der Waals surface area (Å²) in [6, 6.07) is 9.63. The zero-order valence-corrected chi connectivity index (χ0v) is 17.4. The maximum atomic E-state index is 12.5. The number of nitro benzene ring substituents is 2. The van der Waals surface area contributed by atoms with Crippen LogP contribution in [0.2, 0.25) is 0 Å². The summed E-state index contributed by atoms with van der Waals surface area (Å²) < 4.78 is 5.13. The van der Waals surface area contributed by atoms with Gasteiger partial charge in [-0.1, -0.05) is 12.1 Å². The Balaban J connectivity index is 1.72.